The maximum Gasteiger partial charge on any atom is 0.303 e. The zero-order valence-electron chi connectivity index (χ0n) is 10.5. The van der Waals surface area contributed by atoms with E-state index in [2.05, 4.69) is 4.98 Å². The van der Waals surface area contributed by atoms with Gasteiger partial charge >= 0.3 is 5.97 Å². The molecule has 0 saturated carbocycles. The first-order chi connectivity index (χ1) is 9.06. The van der Waals surface area contributed by atoms with E-state index < -0.39 is 5.97 Å². The van der Waals surface area contributed by atoms with Gasteiger partial charge in [-0.15, -0.1) is 0 Å². The third-order valence-corrected chi connectivity index (χ3v) is 3.27. The molecule has 0 bridgehead atoms. The van der Waals surface area contributed by atoms with Crippen molar-refractivity contribution in [3.8, 4) is 0 Å². The quantitative estimate of drug-likeness (QED) is 0.840. The summed E-state index contributed by atoms with van der Waals surface area (Å²) in [6, 6.07) is 4.44. The number of rotatable bonds is 3. The highest BCUT2D eigenvalue weighted by Gasteiger charge is 2.26. The summed E-state index contributed by atoms with van der Waals surface area (Å²) in [5, 5.41) is 8.79. The van der Waals surface area contributed by atoms with E-state index in [1.54, 1.807) is 11.0 Å². The molecule has 6 nitrogen and oxygen atoms in total. The summed E-state index contributed by atoms with van der Waals surface area (Å²) in [6.45, 7) is 1.04. The minimum Gasteiger partial charge on any atom is -0.481 e. The maximum atomic E-state index is 12.2. The van der Waals surface area contributed by atoms with E-state index in [1.165, 1.54) is 12.1 Å². The largest absolute Gasteiger partial charge is 0.481 e. The number of carbonyl (C=O) groups excluding carboxylic acids is 1. The summed E-state index contributed by atoms with van der Waals surface area (Å²) in [4.78, 5) is 38.2. The summed E-state index contributed by atoms with van der Waals surface area (Å²) in [5.74, 6) is -1.09. The van der Waals surface area contributed by atoms with Crippen LogP contribution >= 0.6 is 0 Å². The second-order valence-electron chi connectivity index (χ2n) is 4.79. The van der Waals surface area contributed by atoms with Gasteiger partial charge in [0.15, 0.2) is 0 Å². The topological polar surface area (TPSA) is 90.5 Å². The monoisotopic (exact) mass is 264 g/mol. The van der Waals surface area contributed by atoms with E-state index in [0.29, 0.717) is 13.1 Å². The van der Waals surface area contributed by atoms with Crippen molar-refractivity contribution >= 4 is 11.9 Å². The van der Waals surface area contributed by atoms with Crippen LogP contribution in [0.15, 0.2) is 23.0 Å². The third-order valence-electron chi connectivity index (χ3n) is 3.27. The number of aliphatic carboxylic acids is 1. The Morgan fingerprint density at radius 1 is 1.42 bits per heavy atom. The van der Waals surface area contributed by atoms with Gasteiger partial charge in [0.2, 0.25) is 5.56 Å². The van der Waals surface area contributed by atoms with Gasteiger partial charge in [-0.1, -0.05) is 6.07 Å². The first-order valence-corrected chi connectivity index (χ1v) is 6.26. The van der Waals surface area contributed by atoms with E-state index in [-0.39, 0.29) is 29.5 Å². The minimum atomic E-state index is -0.840. The Balaban J connectivity index is 2.07. The van der Waals surface area contributed by atoms with Crippen LogP contribution in [0.2, 0.25) is 0 Å². The number of aromatic amines is 1. The van der Waals surface area contributed by atoms with Crippen LogP contribution in [0.5, 0.6) is 0 Å². The predicted octanol–water partition coefficient (Wildman–Crippen LogP) is 0.702. The van der Waals surface area contributed by atoms with Gasteiger partial charge in [0.1, 0.15) is 5.69 Å². The molecule has 1 atom stereocenters. The lowest BCUT2D eigenvalue weighted by atomic mass is 9.94. The van der Waals surface area contributed by atoms with Crippen molar-refractivity contribution in [2.24, 2.45) is 5.92 Å². The molecule has 2 N–H and O–H groups in total. The zero-order chi connectivity index (χ0) is 13.8. The number of likely N-dealkylation sites (tertiary alicyclic amines) is 1. The highest BCUT2D eigenvalue weighted by atomic mass is 16.4. The van der Waals surface area contributed by atoms with Crippen LogP contribution in [0.3, 0.4) is 0 Å². The van der Waals surface area contributed by atoms with E-state index in [9.17, 15) is 14.4 Å². The van der Waals surface area contributed by atoms with Crippen molar-refractivity contribution in [3.05, 3.63) is 34.2 Å². The lowest BCUT2D eigenvalue weighted by molar-refractivity contribution is -0.138. The molecule has 0 spiro atoms. The Morgan fingerprint density at radius 3 is 2.89 bits per heavy atom. The van der Waals surface area contributed by atoms with Gasteiger partial charge in [0.05, 0.1) is 0 Å². The van der Waals surface area contributed by atoms with Gasteiger partial charge < -0.3 is 15.0 Å². The molecule has 1 aliphatic heterocycles. The van der Waals surface area contributed by atoms with Crippen LogP contribution in [0.1, 0.15) is 29.8 Å². The summed E-state index contributed by atoms with van der Waals surface area (Å²) in [7, 11) is 0. The van der Waals surface area contributed by atoms with Crippen LogP contribution in [-0.2, 0) is 4.79 Å². The van der Waals surface area contributed by atoms with Gasteiger partial charge in [0.25, 0.3) is 5.91 Å². The highest BCUT2D eigenvalue weighted by molar-refractivity contribution is 5.92. The average Bonchev–Trinajstić information content (AvgIpc) is 2.37. The van der Waals surface area contributed by atoms with E-state index >= 15 is 0 Å². The Labute approximate surface area is 110 Å². The van der Waals surface area contributed by atoms with Crippen molar-refractivity contribution in [2.45, 2.75) is 19.3 Å². The predicted molar refractivity (Wildman–Crippen MR) is 67.9 cm³/mol. The molecule has 0 aliphatic carbocycles. The van der Waals surface area contributed by atoms with E-state index in [4.69, 9.17) is 5.11 Å². The van der Waals surface area contributed by atoms with Crippen LogP contribution in [0.4, 0.5) is 0 Å². The lowest BCUT2D eigenvalue weighted by Gasteiger charge is -2.32. The van der Waals surface area contributed by atoms with Crippen LogP contribution < -0.4 is 5.56 Å². The van der Waals surface area contributed by atoms with E-state index in [1.807, 2.05) is 0 Å². The maximum absolute atomic E-state index is 12.2. The van der Waals surface area contributed by atoms with E-state index in [0.717, 1.165) is 12.8 Å². The number of H-pyrrole nitrogens is 1. The molecule has 102 valence electrons. The van der Waals surface area contributed by atoms with Crippen molar-refractivity contribution < 1.29 is 14.7 Å². The Hall–Kier alpha value is -2.11. The van der Waals surface area contributed by atoms with Crippen LogP contribution in [0, 0.1) is 5.92 Å². The smallest absolute Gasteiger partial charge is 0.303 e. The van der Waals surface area contributed by atoms with Crippen molar-refractivity contribution in [1.29, 1.82) is 0 Å². The fourth-order valence-corrected chi connectivity index (χ4v) is 2.41. The molecule has 2 rings (SSSR count). The Morgan fingerprint density at radius 2 is 2.21 bits per heavy atom. The second-order valence-corrected chi connectivity index (χ2v) is 4.79. The van der Waals surface area contributed by atoms with Crippen LogP contribution in [-0.4, -0.2) is 40.0 Å². The molecule has 2 heterocycles. The number of carboxylic acid groups (broad SMARTS) is 1. The fraction of sp³-hybridized carbons (Fsp3) is 0.462. The molecule has 1 aromatic heterocycles. The number of carbonyl (C=O) groups is 2. The highest BCUT2D eigenvalue weighted by Crippen LogP contribution is 2.20. The molecule has 1 aliphatic rings. The summed E-state index contributed by atoms with van der Waals surface area (Å²) in [6.07, 6.45) is 1.69. The fourth-order valence-electron chi connectivity index (χ4n) is 2.41. The molecule has 1 fully saturated rings. The number of amides is 1. The van der Waals surface area contributed by atoms with Crippen molar-refractivity contribution in [3.63, 3.8) is 0 Å². The third kappa shape index (κ3) is 3.43. The number of nitrogens with one attached hydrogen (secondary N) is 1. The molecular weight excluding hydrogens is 248 g/mol. The molecule has 6 heteroatoms. The summed E-state index contributed by atoms with van der Waals surface area (Å²) >= 11 is 0. The number of nitrogens with zero attached hydrogens (tertiary/aromatic N) is 1. The van der Waals surface area contributed by atoms with Crippen molar-refractivity contribution in [1.82, 2.24) is 9.88 Å². The first kappa shape index (κ1) is 13.3. The Bertz CT molecular complexity index is 537. The molecular formula is C13H16N2O4. The number of piperidine rings is 1. The number of aromatic nitrogens is 1. The van der Waals surface area contributed by atoms with Gasteiger partial charge in [-0.2, -0.15) is 0 Å². The summed E-state index contributed by atoms with van der Waals surface area (Å²) < 4.78 is 0. The number of hydrogen-bond donors (Lipinski definition) is 2. The van der Waals surface area contributed by atoms with Gasteiger partial charge in [-0.3, -0.25) is 14.4 Å². The molecule has 1 aromatic rings. The molecule has 1 unspecified atom stereocenters. The molecule has 19 heavy (non-hydrogen) atoms. The van der Waals surface area contributed by atoms with Crippen molar-refractivity contribution in [2.75, 3.05) is 13.1 Å². The molecule has 0 aromatic carbocycles. The zero-order valence-corrected chi connectivity index (χ0v) is 10.5. The van der Waals surface area contributed by atoms with Gasteiger partial charge in [-0.25, -0.2) is 0 Å². The normalized spacial score (nSPS) is 19.2. The standard InChI is InChI=1S/C13H16N2O4/c16-11-5-1-4-10(14-11)13(19)15-6-2-3-9(8-15)7-12(17)18/h1,4-5,9H,2-3,6-8H2,(H,14,16)(H,17,18). The molecule has 1 saturated heterocycles. The molecule has 0 radical (unpaired) electrons. The average molecular weight is 264 g/mol. The second kappa shape index (κ2) is 5.69. The first-order valence-electron chi connectivity index (χ1n) is 6.26. The molecule has 1 amide bonds. The van der Waals surface area contributed by atoms with Gasteiger partial charge in [-0.05, 0) is 24.8 Å². The van der Waals surface area contributed by atoms with Crippen LogP contribution in [0.25, 0.3) is 0 Å². The Kier molecular flexibility index (Phi) is 3.99. The number of hydrogen-bond acceptors (Lipinski definition) is 3. The number of carboxylic acids is 1. The number of pyridine rings is 1. The SMILES string of the molecule is O=C(O)CC1CCCN(C(=O)c2cccc(=O)[nH]2)C1. The lowest BCUT2D eigenvalue weighted by Crippen LogP contribution is -2.41. The van der Waals surface area contributed by atoms with Gasteiger partial charge in [0, 0.05) is 25.6 Å². The minimum absolute atomic E-state index is 0.00867. The summed E-state index contributed by atoms with van der Waals surface area (Å²) in [5.41, 5.74) is -0.0616.